The summed E-state index contributed by atoms with van der Waals surface area (Å²) in [5, 5.41) is 4.44. The fourth-order valence-corrected chi connectivity index (χ4v) is 3.58. The summed E-state index contributed by atoms with van der Waals surface area (Å²) in [5.41, 5.74) is 3.10. The smallest absolute Gasteiger partial charge is 0.189 e. The third-order valence-electron chi connectivity index (χ3n) is 3.76. The molecule has 1 N–H and O–H groups in total. The minimum Gasteiger partial charge on any atom is -0.496 e. The number of hydrogen-bond donors (Lipinski definition) is 1. The highest BCUT2D eigenvalue weighted by Gasteiger charge is 2.12. The summed E-state index contributed by atoms with van der Waals surface area (Å²) in [6.45, 7) is 6.08. The van der Waals surface area contributed by atoms with Crippen molar-refractivity contribution in [3.05, 3.63) is 45.7 Å². The largest absolute Gasteiger partial charge is 0.496 e. The third-order valence-corrected chi connectivity index (χ3v) is 4.84. The number of anilines is 2. The van der Waals surface area contributed by atoms with Crippen LogP contribution in [0.5, 0.6) is 5.75 Å². The van der Waals surface area contributed by atoms with Gasteiger partial charge in [0.15, 0.2) is 5.13 Å². The minimum atomic E-state index is 0.425. The number of methoxy groups -OCH3 is 1. The molecule has 0 fully saturated rings. The number of ether oxygens (including phenoxy) is 1. The number of hydrogen-bond acceptors (Lipinski definition) is 6. The Hall–Kier alpha value is -2.18. The van der Waals surface area contributed by atoms with Crippen LogP contribution in [0.4, 0.5) is 10.9 Å². The van der Waals surface area contributed by atoms with Crippen molar-refractivity contribution in [2.45, 2.75) is 27.2 Å². The molecule has 0 amide bonds. The van der Waals surface area contributed by atoms with Crippen LogP contribution in [0.3, 0.4) is 0 Å². The van der Waals surface area contributed by atoms with Gasteiger partial charge in [0.2, 0.25) is 0 Å². The number of thiazole rings is 1. The molecule has 0 aliphatic heterocycles. The van der Waals surface area contributed by atoms with E-state index in [1.54, 1.807) is 24.5 Å². The summed E-state index contributed by atoms with van der Waals surface area (Å²) < 4.78 is 5.33. The van der Waals surface area contributed by atoms with E-state index in [9.17, 15) is 0 Å². The molecule has 3 aromatic rings. The molecule has 0 aliphatic carbocycles. The summed E-state index contributed by atoms with van der Waals surface area (Å²) >= 11 is 7.64. The van der Waals surface area contributed by atoms with E-state index in [0.29, 0.717) is 16.8 Å². The predicted octanol–water partition coefficient (Wildman–Crippen LogP) is 5.18. The molecule has 0 bridgehead atoms. The van der Waals surface area contributed by atoms with Crippen molar-refractivity contribution in [3.63, 3.8) is 0 Å². The molecule has 0 spiro atoms. The fourth-order valence-electron chi connectivity index (χ4n) is 2.54. The number of aromatic nitrogens is 3. The zero-order chi connectivity index (χ0) is 18.0. The van der Waals surface area contributed by atoms with Crippen LogP contribution in [-0.4, -0.2) is 22.1 Å². The van der Waals surface area contributed by atoms with Gasteiger partial charge in [-0.25, -0.2) is 15.0 Å². The van der Waals surface area contributed by atoms with Crippen molar-refractivity contribution in [1.82, 2.24) is 15.0 Å². The Labute approximate surface area is 156 Å². The van der Waals surface area contributed by atoms with E-state index in [0.717, 1.165) is 39.0 Å². The van der Waals surface area contributed by atoms with Crippen LogP contribution >= 0.6 is 22.9 Å². The zero-order valence-corrected chi connectivity index (χ0v) is 16.1. The maximum Gasteiger partial charge on any atom is 0.189 e. The molecular formula is C18H19ClN4OS. The van der Waals surface area contributed by atoms with Gasteiger partial charge in [0, 0.05) is 22.9 Å². The Kier molecular flexibility index (Phi) is 5.20. The molecule has 0 atom stereocenters. The van der Waals surface area contributed by atoms with E-state index in [-0.39, 0.29) is 0 Å². The Morgan fingerprint density at radius 2 is 1.96 bits per heavy atom. The number of rotatable bonds is 5. The second-order valence-corrected chi connectivity index (χ2v) is 7.17. The first-order chi connectivity index (χ1) is 12.0. The van der Waals surface area contributed by atoms with Crippen molar-refractivity contribution in [2.24, 2.45) is 0 Å². The number of nitrogens with zero attached hydrogens (tertiary/aromatic N) is 3. The minimum absolute atomic E-state index is 0.425. The summed E-state index contributed by atoms with van der Waals surface area (Å²) in [6, 6.07) is 7.78. The number of halogens is 1. The van der Waals surface area contributed by atoms with Crippen LogP contribution in [0.15, 0.2) is 24.3 Å². The molecule has 0 aliphatic rings. The SMILES string of the molecule is CCc1nc(Cl)cc(Nc2nc(-c3ccc(OC)c(C)c3)c(C)s2)n1. The highest BCUT2D eigenvalue weighted by Crippen LogP contribution is 2.33. The average Bonchev–Trinajstić information content (AvgIpc) is 2.94. The molecule has 5 nitrogen and oxygen atoms in total. The van der Waals surface area contributed by atoms with E-state index in [1.165, 1.54) is 0 Å². The quantitative estimate of drug-likeness (QED) is 0.623. The molecule has 0 saturated carbocycles. The van der Waals surface area contributed by atoms with Gasteiger partial charge in [-0.1, -0.05) is 18.5 Å². The molecule has 0 unspecified atom stereocenters. The normalized spacial score (nSPS) is 10.8. The Morgan fingerprint density at radius 1 is 1.16 bits per heavy atom. The van der Waals surface area contributed by atoms with E-state index >= 15 is 0 Å². The first-order valence-electron chi connectivity index (χ1n) is 7.93. The van der Waals surface area contributed by atoms with E-state index < -0.39 is 0 Å². The lowest BCUT2D eigenvalue weighted by atomic mass is 10.1. The standard InChI is InChI=1S/C18H19ClN4OS/c1-5-15-20-14(19)9-16(21-15)22-18-23-17(11(3)25-18)12-6-7-13(24-4)10(2)8-12/h6-9H,5H2,1-4H3,(H,20,21,22,23). The van der Waals surface area contributed by atoms with Crippen molar-refractivity contribution < 1.29 is 4.74 Å². The lowest BCUT2D eigenvalue weighted by molar-refractivity contribution is 0.412. The third kappa shape index (κ3) is 3.91. The molecule has 2 aromatic heterocycles. The molecule has 0 saturated heterocycles. The molecule has 1 aromatic carbocycles. The second-order valence-electron chi connectivity index (χ2n) is 5.58. The monoisotopic (exact) mass is 374 g/mol. The van der Waals surface area contributed by atoms with Crippen LogP contribution in [0, 0.1) is 13.8 Å². The molecule has 3 rings (SSSR count). The van der Waals surface area contributed by atoms with Gasteiger partial charge in [-0.05, 0) is 37.6 Å². The Morgan fingerprint density at radius 3 is 2.64 bits per heavy atom. The highest BCUT2D eigenvalue weighted by atomic mass is 35.5. The fraction of sp³-hybridized carbons (Fsp3) is 0.278. The van der Waals surface area contributed by atoms with Crippen molar-refractivity contribution in [3.8, 4) is 17.0 Å². The van der Waals surface area contributed by atoms with Crippen LogP contribution in [-0.2, 0) is 6.42 Å². The lowest BCUT2D eigenvalue weighted by Crippen LogP contribution is -1.99. The van der Waals surface area contributed by atoms with E-state index in [4.69, 9.17) is 21.3 Å². The van der Waals surface area contributed by atoms with Crippen LogP contribution in [0.1, 0.15) is 23.2 Å². The Bertz CT molecular complexity index is 910. The molecular weight excluding hydrogens is 356 g/mol. The number of benzene rings is 1. The number of aryl methyl sites for hydroxylation is 3. The first-order valence-corrected chi connectivity index (χ1v) is 9.12. The van der Waals surface area contributed by atoms with Gasteiger partial charge < -0.3 is 10.1 Å². The van der Waals surface area contributed by atoms with E-state index in [1.807, 2.05) is 26.0 Å². The summed E-state index contributed by atoms with van der Waals surface area (Å²) in [6.07, 6.45) is 0.725. The van der Waals surface area contributed by atoms with Gasteiger partial charge in [-0.15, -0.1) is 11.3 Å². The molecule has 0 radical (unpaired) electrons. The Balaban J connectivity index is 1.90. The second kappa shape index (κ2) is 7.37. The van der Waals surface area contributed by atoms with Gasteiger partial charge in [-0.3, -0.25) is 0 Å². The van der Waals surface area contributed by atoms with Crippen molar-refractivity contribution in [2.75, 3.05) is 12.4 Å². The molecule has 130 valence electrons. The average molecular weight is 375 g/mol. The number of nitrogens with one attached hydrogen (secondary N) is 1. The molecule has 2 heterocycles. The van der Waals surface area contributed by atoms with Crippen molar-refractivity contribution >= 4 is 33.9 Å². The molecule has 25 heavy (non-hydrogen) atoms. The van der Waals surface area contributed by atoms with Gasteiger partial charge in [-0.2, -0.15) is 0 Å². The summed E-state index contributed by atoms with van der Waals surface area (Å²) in [4.78, 5) is 14.5. The van der Waals surface area contributed by atoms with Gasteiger partial charge in [0.25, 0.3) is 0 Å². The molecule has 7 heteroatoms. The highest BCUT2D eigenvalue weighted by molar-refractivity contribution is 7.16. The topological polar surface area (TPSA) is 59.9 Å². The summed E-state index contributed by atoms with van der Waals surface area (Å²) in [5.74, 6) is 2.23. The maximum atomic E-state index is 6.05. The maximum absolute atomic E-state index is 6.05. The lowest BCUT2D eigenvalue weighted by Gasteiger charge is -2.06. The first kappa shape index (κ1) is 17.6. The summed E-state index contributed by atoms with van der Waals surface area (Å²) in [7, 11) is 1.68. The van der Waals surface area contributed by atoms with Gasteiger partial charge >= 0.3 is 0 Å². The zero-order valence-electron chi connectivity index (χ0n) is 14.6. The van der Waals surface area contributed by atoms with E-state index in [2.05, 4.69) is 28.3 Å². The van der Waals surface area contributed by atoms with Crippen LogP contribution in [0.2, 0.25) is 5.15 Å². The van der Waals surface area contributed by atoms with Gasteiger partial charge in [0.05, 0.1) is 12.8 Å². The van der Waals surface area contributed by atoms with Crippen LogP contribution in [0.25, 0.3) is 11.3 Å². The van der Waals surface area contributed by atoms with Crippen LogP contribution < -0.4 is 10.1 Å². The van der Waals surface area contributed by atoms with Gasteiger partial charge in [0.1, 0.15) is 22.5 Å². The predicted molar refractivity (Wildman–Crippen MR) is 103 cm³/mol. The van der Waals surface area contributed by atoms with Crippen molar-refractivity contribution in [1.29, 1.82) is 0 Å².